The zero-order chi connectivity index (χ0) is 13.8. The van der Waals surface area contributed by atoms with Crippen LogP contribution < -0.4 is 10.6 Å². The van der Waals surface area contributed by atoms with Gasteiger partial charge in [-0.25, -0.2) is 0 Å². The summed E-state index contributed by atoms with van der Waals surface area (Å²) in [5.41, 5.74) is 2.15. The minimum Gasteiger partial charge on any atom is -0.373 e. The van der Waals surface area contributed by atoms with Crippen LogP contribution in [0, 0.1) is 0 Å². The topological polar surface area (TPSA) is 61.4 Å². The molecule has 2 amide bonds. The quantitative estimate of drug-likeness (QED) is 0.835. The molecule has 102 valence electrons. The third-order valence-corrected chi connectivity index (χ3v) is 3.20. The monoisotopic (exact) mass is 261 g/mol. The van der Waals surface area contributed by atoms with Crippen LogP contribution in [0.4, 0.5) is 5.69 Å². The summed E-state index contributed by atoms with van der Waals surface area (Å²) in [4.78, 5) is 25.2. The lowest BCUT2D eigenvalue weighted by Crippen LogP contribution is -2.44. The van der Waals surface area contributed by atoms with Gasteiger partial charge in [-0.2, -0.15) is 0 Å². The first-order valence-corrected chi connectivity index (χ1v) is 6.48. The van der Waals surface area contributed by atoms with Gasteiger partial charge >= 0.3 is 0 Å². The summed E-state index contributed by atoms with van der Waals surface area (Å²) in [6.45, 7) is 2.53. The van der Waals surface area contributed by atoms with Crippen molar-refractivity contribution in [2.45, 2.75) is 19.4 Å². The second kappa shape index (κ2) is 5.73. The normalized spacial score (nSPS) is 16.4. The first-order valence-electron chi connectivity index (χ1n) is 6.48. The van der Waals surface area contributed by atoms with Gasteiger partial charge in [-0.15, -0.1) is 0 Å². The maximum Gasteiger partial charge on any atom is 0.245 e. The number of hydrogen-bond donors (Lipinski definition) is 2. The lowest BCUT2D eigenvalue weighted by Gasteiger charge is -2.20. The van der Waals surface area contributed by atoms with Crippen LogP contribution in [0.5, 0.6) is 0 Å². The van der Waals surface area contributed by atoms with Crippen molar-refractivity contribution in [1.29, 1.82) is 0 Å². The summed E-state index contributed by atoms with van der Waals surface area (Å²) < 4.78 is 0. The van der Waals surface area contributed by atoms with Crippen molar-refractivity contribution in [3.05, 3.63) is 29.8 Å². The molecule has 0 saturated heterocycles. The molecule has 2 rings (SSSR count). The Hall–Kier alpha value is -2.04. The Balaban J connectivity index is 1.93. The minimum absolute atomic E-state index is 0.0533. The first-order chi connectivity index (χ1) is 9.11. The third-order valence-electron chi connectivity index (χ3n) is 3.20. The van der Waals surface area contributed by atoms with Gasteiger partial charge in [-0.05, 0) is 18.6 Å². The zero-order valence-corrected chi connectivity index (χ0v) is 11.3. The summed E-state index contributed by atoms with van der Waals surface area (Å²) >= 11 is 0. The van der Waals surface area contributed by atoms with E-state index in [1.165, 1.54) is 4.90 Å². The summed E-state index contributed by atoms with van der Waals surface area (Å²) in [6, 6.07) is 7.62. The lowest BCUT2D eigenvalue weighted by atomic mass is 10.1. The van der Waals surface area contributed by atoms with E-state index in [-0.39, 0.29) is 24.4 Å². The number of amides is 2. The van der Waals surface area contributed by atoms with Crippen LogP contribution >= 0.6 is 0 Å². The molecule has 5 nitrogen and oxygen atoms in total. The van der Waals surface area contributed by atoms with E-state index in [0.29, 0.717) is 13.0 Å². The van der Waals surface area contributed by atoms with E-state index in [0.717, 1.165) is 11.3 Å². The maximum absolute atomic E-state index is 12.2. The number of likely N-dealkylation sites (N-methyl/N-ethyl adjacent to an activating group) is 2. The van der Waals surface area contributed by atoms with Gasteiger partial charge in [0.15, 0.2) is 0 Å². The van der Waals surface area contributed by atoms with Gasteiger partial charge in [0.2, 0.25) is 11.8 Å². The first kappa shape index (κ1) is 13.4. The largest absolute Gasteiger partial charge is 0.373 e. The number of carbonyl (C=O) groups is 2. The number of nitrogens with one attached hydrogen (secondary N) is 2. The van der Waals surface area contributed by atoms with Gasteiger partial charge in [-0.1, -0.05) is 18.2 Å². The van der Waals surface area contributed by atoms with E-state index in [9.17, 15) is 9.59 Å². The van der Waals surface area contributed by atoms with Crippen LogP contribution in [0.1, 0.15) is 12.5 Å². The highest BCUT2D eigenvalue weighted by Crippen LogP contribution is 2.25. The molecule has 0 radical (unpaired) electrons. The van der Waals surface area contributed by atoms with Crippen LogP contribution in [0.25, 0.3) is 0 Å². The molecule has 0 aromatic heterocycles. The molecule has 1 aliphatic rings. The minimum atomic E-state index is -0.267. The number of hydrogen-bond acceptors (Lipinski definition) is 3. The van der Waals surface area contributed by atoms with Crippen molar-refractivity contribution in [1.82, 2.24) is 10.2 Å². The summed E-state index contributed by atoms with van der Waals surface area (Å²) in [7, 11) is 1.66. The smallest absolute Gasteiger partial charge is 0.245 e. The van der Waals surface area contributed by atoms with Crippen molar-refractivity contribution in [3.8, 4) is 0 Å². The van der Waals surface area contributed by atoms with E-state index in [2.05, 4.69) is 10.6 Å². The van der Waals surface area contributed by atoms with Gasteiger partial charge in [0, 0.05) is 25.7 Å². The molecule has 0 aliphatic carbocycles. The molecular weight excluding hydrogens is 242 g/mol. The van der Waals surface area contributed by atoms with E-state index in [1.807, 2.05) is 31.2 Å². The van der Waals surface area contributed by atoms with Crippen molar-refractivity contribution in [3.63, 3.8) is 0 Å². The Bertz CT molecular complexity index is 462. The second-order valence-electron chi connectivity index (χ2n) is 4.71. The summed E-state index contributed by atoms with van der Waals surface area (Å²) in [5.74, 6) is -0.184. The molecule has 0 bridgehead atoms. The standard InChI is InChI=1S/C14H19N3O2/c1-3-15-13(18)9-17(2)14(19)12-8-10-6-4-5-7-11(10)16-12/h4-7,12,16H,3,8-9H2,1-2H3,(H,15,18)/t12-/m0/s1. The number of anilines is 1. The molecular formula is C14H19N3O2. The lowest BCUT2D eigenvalue weighted by molar-refractivity contribution is -0.135. The number of para-hydroxylation sites is 1. The highest BCUT2D eigenvalue weighted by atomic mass is 16.2. The fourth-order valence-corrected chi connectivity index (χ4v) is 2.26. The highest BCUT2D eigenvalue weighted by molar-refractivity contribution is 5.90. The van der Waals surface area contributed by atoms with Crippen LogP contribution in [0.15, 0.2) is 24.3 Å². The van der Waals surface area contributed by atoms with E-state index < -0.39 is 0 Å². The average molecular weight is 261 g/mol. The molecule has 1 aliphatic heterocycles. The molecule has 1 heterocycles. The third kappa shape index (κ3) is 3.05. The van der Waals surface area contributed by atoms with Gasteiger partial charge in [0.1, 0.15) is 6.04 Å². The molecule has 0 spiro atoms. The van der Waals surface area contributed by atoms with E-state index in [4.69, 9.17) is 0 Å². The van der Waals surface area contributed by atoms with Crippen LogP contribution in [0.2, 0.25) is 0 Å². The van der Waals surface area contributed by atoms with E-state index in [1.54, 1.807) is 7.05 Å². The fraction of sp³-hybridized carbons (Fsp3) is 0.429. The summed E-state index contributed by atoms with van der Waals surface area (Å²) in [6.07, 6.45) is 0.675. The number of rotatable bonds is 4. The number of carbonyl (C=O) groups excluding carboxylic acids is 2. The fourth-order valence-electron chi connectivity index (χ4n) is 2.26. The summed E-state index contributed by atoms with van der Waals surface area (Å²) in [5, 5.41) is 5.88. The average Bonchev–Trinajstić information content (AvgIpc) is 2.81. The zero-order valence-electron chi connectivity index (χ0n) is 11.3. The Morgan fingerprint density at radius 3 is 2.84 bits per heavy atom. The molecule has 1 aromatic carbocycles. The number of nitrogens with zero attached hydrogens (tertiary/aromatic N) is 1. The molecule has 0 saturated carbocycles. The molecule has 2 N–H and O–H groups in total. The van der Waals surface area contributed by atoms with Gasteiger partial charge in [-0.3, -0.25) is 9.59 Å². The van der Waals surface area contributed by atoms with Gasteiger partial charge in [0.25, 0.3) is 0 Å². The molecule has 1 aromatic rings. The Labute approximate surface area is 113 Å². The van der Waals surface area contributed by atoms with Crippen LogP contribution in [-0.2, 0) is 16.0 Å². The van der Waals surface area contributed by atoms with Gasteiger partial charge < -0.3 is 15.5 Å². The predicted octanol–water partition coefficient (Wildman–Crippen LogP) is 0.618. The SMILES string of the molecule is CCNC(=O)CN(C)C(=O)[C@@H]1Cc2ccccc2N1. The Morgan fingerprint density at radius 1 is 1.42 bits per heavy atom. The molecule has 1 atom stereocenters. The van der Waals surface area contributed by atoms with Crippen molar-refractivity contribution < 1.29 is 9.59 Å². The highest BCUT2D eigenvalue weighted by Gasteiger charge is 2.29. The molecule has 0 fully saturated rings. The second-order valence-corrected chi connectivity index (χ2v) is 4.71. The van der Waals surface area contributed by atoms with E-state index >= 15 is 0 Å². The molecule has 19 heavy (non-hydrogen) atoms. The van der Waals surface area contributed by atoms with Crippen molar-refractivity contribution >= 4 is 17.5 Å². The van der Waals surface area contributed by atoms with Gasteiger partial charge in [0.05, 0.1) is 6.54 Å². The Kier molecular flexibility index (Phi) is 4.04. The van der Waals surface area contributed by atoms with Crippen LogP contribution in [-0.4, -0.2) is 42.9 Å². The predicted molar refractivity (Wildman–Crippen MR) is 73.9 cm³/mol. The van der Waals surface area contributed by atoms with Crippen molar-refractivity contribution in [2.75, 3.05) is 25.5 Å². The maximum atomic E-state index is 12.2. The number of fused-ring (bicyclic) bond motifs is 1. The molecule has 0 unspecified atom stereocenters. The van der Waals surface area contributed by atoms with Crippen molar-refractivity contribution in [2.24, 2.45) is 0 Å². The number of benzene rings is 1. The Morgan fingerprint density at radius 2 is 2.16 bits per heavy atom. The van der Waals surface area contributed by atoms with Crippen LogP contribution in [0.3, 0.4) is 0 Å². The molecule has 5 heteroatoms.